The normalized spacial score (nSPS) is 11.1. The Hall–Kier alpha value is -2.63. The summed E-state index contributed by atoms with van der Waals surface area (Å²) in [6.45, 7) is 0.443. The van der Waals surface area contributed by atoms with Crippen LogP contribution in [0.15, 0.2) is 54.7 Å². The van der Waals surface area contributed by atoms with E-state index in [9.17, 15) is 4.79 Å². The third-order valence-corrected chi connectivity index (χ3v) is 5.64. The number of aromatic nitrogens is 1. The molecule has 1 amide bonds. The number of nitrogens with zero attached hydrogens (tertiary/aromatic N) is 1. The minimum absolute atomic E-state index is 0.105. The maximum atomic E-state index is 12.4. The molecular formula is C19H14ClN3OS. The molecule has 0 bridgehead atoms. The zero-order valence-corrected chi connectivity index (χ0v) is 14.7. The van der Waals surface area contributed by atoms with Crippen molar-refractivity contribution in [3.63, 3.8) is 0 Å². The molecule has 2 heterocycles. The summed E-state index contributed by atoms with van der Waals surface area (Å²) >= 11 is 7.58. The van der Waals surface area contributed by atoms with Gasteiger partial charge in [-0.2, -0.15) is 0 Å². The second kappa shape index (κ2) is 6.35. The number of nitrogens with two attached hydrogens (primary N) is 1. The Morgan fingerprint density at radius 2 is 2.04 bits per heavy atom. The number of carbonyl (C=O) groups excluding carboxylic acids is 1. The van der Waals surface area contributed by atoms with E-state index in [-0.39, 0.29) is 5.91 Å². The van der Waals surface area contributed by atoms with Gasteiger partial charge in [0.1, 0.15) is 5.82 Å². The number of pyridine rings is 1. The number of benzene rings is 2. The van der Waals surface area contributed by atoms with Crippen LogP contribution in [-0.4, -0.2) is 10.9 Å². The molecule has 2 aromatic heterocycles. The van der Waals surface area contributed by atoms with E-state index in [2.05, 4.69) is 10.3 Å². The molecule has 0 fully saturated rings. The van der Waals surface area contributed by atoms with Crippen molar-refractivity contribution in [1.82, 2.24) is 10.3 Å². The Morgan fingerprint density at radius 3 is 2.88 bits per heavy atom. The lowest BCUT2D eigenvalue weighted by molar-refractivity contribution is 0.0955. The van der Waals surface area contributed by atoms with Gasteiger partial charge in [-0.3, -0.25) is 4.79 Å². The third-order valence-electron chi connectivity index (χ3n) is 4.03. The van der Waals surface area contributed by atoms with Crippen molar-refractivity contribution < 1.29 is 4.79 Å². The van der Waals surface area contributed by atoms with Crippen LogP contribution in [0, 0.1) is 0 Å². The quantitative estimate of drug-likeness (QED) is 0.555. The highest BCUT2D eigenvalue weighted by molar-refractivity contribution is 7.21. The minimum atomic E-state index is -0.105. The Kier molecular flexibility index (Phi) is 4.03. The van der Waals surface area contributed by atoms with E-state index in [4.69, 9.17) is 17.3 Å². The lowest BCUT2D eigenvalue weighted by Gasteiger charge is -2.06. The molecule has 0 radical (unpaired) electrons. The van der Waals surface area contributed by atoms with Crippen molar-refractivity contribution in [3.8, 4) is 0 Å². The number of anilines is 1. The van der Waals surface area contributed by atoms with E-state index in [1.165, 1.54) is 11.3 Å². The first kappa shape index (κ1) is 15.9. The minimum Gasteiger partial charge on any atom is -0.383 e. The summed E-state index contributed by atoms with van der Waals surface area (Å²) in [5.41, 5.74) is 6.87. The predicted octanol–water partition coefficient (Wildman–Crippen LogP) is 4.62. The number of nitrogen functional groups attached to an aromatic ring is 1. The van der Waals surface area contributed by atoms with E-state index in [0.29, 0.717) is 22.3 Å². The van der Waals surface area contributed by atoms with E-state index in [1.807, 2.05) is 48.5 Å². The van der Waals surface area contributed by atoms with Crippen molar-refractivity contribution in [3.05, 3.63) is 70.2 Å². The summed E-state index contributed by atoms with van der Waals surface area (Å²) in [5.74, 6) is 0.404. The molecule has 4 aromatic rings. The molecule has 3 N–H and O–H groups in total. The largest absolute Gasteiger partial charge is 0.383 e. The van der Waals surface area contributed by atoms with Gasteiger partial charge >= 0.3 is 0 Å². The van der Waals surface area contributed by atoms with Crippen LogP contribution in [0.1, 0.15) is 15.2 Å². The molecule has 0 saturated heterocycles. The van der Waals surface area contributed by atoms with Gasteiger partial charge in [-0.15, -0.1) is 11.3 Å². The molecule has 2 aromatic carbocycles. The smallest absolute Gasteiger partial charge is 0.261 e. The molecule has 4 rings (SSSR count). The first-order chi connectivity index (χ1) is 12.1. The van der Waals surface area contributed by atoms with Crippen LogP contribution < -0.4 is 11.1 Å². The molecule has 0 aliphatic carbocycles. The van der Waals surface area contributed by atoms with Crippen LogP contribution in [-0.2, 0) is 6.54 Å². The van der Waals surface area contributed by atoms with Gasteiger partial charge in [0.25, 0.3) is 5.91 Å². The van der Waals surface area contributed by atoms with E-state index in [1.54, 1.807) is 6.20 Å². The SMILES string of the molecule is Nc1nccc2cc(CNC(=O)c3cc4cccc(Cl)c4s3)ccc12. The Balaban J connectivity index is 1.54. The number of thiophene rings is 1. The molecule has 6 heteroatoms. The molecular weight excluding hydrogens is 354 g/mol. The molecule has 0 atom stereocenters. The standard InChI is InChI=1S/C19H14ClN3OS/c20-15-3-1-2-13-9-16(25-17(13)15)19(24)23-10-11-4-5-14-12(8-11)6-7-22-18(14)21/h1-9H,10H2,(H2,21,22)(H,23,24). The first-order valence-electron chi connectivity index (χ1n) is 7.71. The molecule has 0 aliphatic rings. The lowest BCUT2D eigenvalue weighted by atomic mass is 10.1. The van der Waals surface area contributed by atoms with Crippen LogP contribution in [0.25, 0.3) is 20.9 Å². The number of halogens is 1. The molecule has 0 aliphatic heterocycles. The van der Waals surface area contributed by atoms with Gasteiger partial charge in [-0.1, -0.05) is 35.9 Å². The van der Waals surface area contributed by atoms with Crippen molar-refractivity contribution in [2.45, 2.75) is 6.54 Å². The fourth-order valence-corrected chi connectivity index (χ4v) is 4.05. The third kappa shape index (κ3) is 3.04. The lowest BCUT2D eigenvalue weighted by Crippen LogP contribution is -2.21. The van der Waals surface area contributed by atoms with Gasteiger partial charge in [-0.05, 0) is 40.6 Å². The number of amides is 1. The maximum Gasteiger partial charge on any atom is 0.261 e. The van der Waals surface area contributed by atoms with E-state index < -0.39 is 0 Å². The molecule has 0 saturated carbocycles. The fraction of sp³-hybridized carbons (Fsp3) is 0.0526. The number of hydrogen-bond donors (Lipinski definition) is 2. The topological polar surface area (TPSA) is 68.0 Å². The Labute approximate surface area is 153 Å². The van der Waals surface area contributed by atoms with Crippen molar-refractivity contribution in [2.75, 3.05) is 5.73 Å². The Morgan fingerprint density at radius 1 is 1.16 bits per heavy atom. The second-order valence-electron chi connectivity index (χ2n) is 5.70. The van der Waals surface area contributed by atoms with Gasteiger partial charge in [0.05, 0.1) is 14.6 Å². The highest BCUT2D eigenvalue weighted by Crippen LogP contribution is 2.31. The number of rotatable bonds is 3. The van der Waals surface area contributed by atoms with Gasteiger partial charge in [-0.25, -0.2) is 4.98 Å². The highest BCUT2D eigenvalue weighted by Gasteiger charge is 2.12. The molecule has 25 heavy (non-hydrogen) atoms. The predicted molar refractivity (Wildman–Crippen MR) is 104 cm³/mol. The summed E-state index contributed by atoms with van der Waals surface area (Å²) in [4.78, 5) is 17.2. The van der Waals surface area contributed by atoms with Crippen LogP contribution in [0.5, 0.6) is 0 Å². The zero-order valence-electron chi connectivity index (χ0n) is 13.1. The van der Waals surface area contributed by atoms with Crippen LogP contribution >= 0.6 is 22.9 Å². The highest BCUT2D eigenvalue weighted by atomic mass is 35.5. The zero-order chi connectivity index (χ0) is 17.4. The monoisotopic (exact) mass is 367 g/mol. The van der Waals surface area contributed by atoms with Gasteiger partial charge < -0.3 is 11.1 Å². The van der Waals surface area contributed by atoms with E-state index in [0.717, 1.165) is 26.4 Å². The summed E-state index contributed by atoms with van der Waals surface area (Å²) in [6.07, 6.45) is 1.68. The van der Waals surface area contributed by atoms with Crippen molar-refractivity contribution in [2.24, 2.45) is 0 Å². The van der Waals surface area contributed by atoms with Crippen molar-refractivity contribution >= 4 is 55.5 Å². The number of hydrogen-bond acceptors (Lipinski definition) is 4. The summed E-state index contributed by atoms with van der Waals surface area (Å²) in [6, 6.07) is 15.3. The van der Waals surface area contributed by atoms with E-state index >= 15 is 0 Å². The summed E-state index contributed by atoms with van der Waals surface area (Å²) in [7, 11) is 0. The van der Waals surface area contributed by atoms with Crippen molar-refractivity contribution in [1.29, 1.82) is 0 Å². The van der Waals surface area contributed by atoms with Gasteiger partial charge in [0.15, 0.2) is 0 Å². The summed E-state index contributed by atoms with van der Waals surface area (Å²) in [5, 5.41) is 6.53. The summed E-state index contributed by atoms with van der Waals surface area (Å²) < 4.78 is 0.933. The van der Waals surface area contributed by atoms with Crippen LogP contribution in [0.3, 0.4) is 0 Å². The maximum absolute atomic E-state index is 12.4. The molecule has 4 nitrogen and oxygen atoms in total. The van der Waals surface area contributed by atoms with Crippen LogP contribution in [0.4, 0.5) is 5.82 Å². The number of carbonyl (C=O) groups is 1. The average molecular weight is 368 g/mol. The number of nitrogens with one attached hydrogen (secondary N) is 1. The van der Waals surface area contributed by atoms with Gasteiger partial charge in [0.2, 0.25) is 0 Å². The van der Waals surface area contributed by atoms with Crippen LogP contribution in [0.2, 0.25) is 5.02 Å². The molecule has 124 valence electrons. The molecule has 0 spiro atoms. The second-order valence-corrected chi connectivity index (χ2v) is 7.16. The number of fused-ring (bicyclic) bond motifs is 2. The molecule has 0 unspecified atom stereocenters. The first-order valence-corrected chi connectivity index (χ1v) is 8.90. The fourth-order valence-electron chi connectivity index (χ4n) is 2.77. The Bertz CT molecular complexity index is 1110. The van der Waals surface area contributed by atoms with Gasteiger partial charge in [0, 0.05) is 18.1 Å². The average Bonchev–Trinajstić information content (AvgIpc) is 3.06.